The molecule has 1 atom stereocenters. The molecule has 0 heterocycles. The van der Waals surface area contributed by atoms with Crippen molar-refractivity contribution in [1.29, 1.82) is 0 Å². The van der Waals surface area contributed by atoms with E-state index < -0.39 is 17.4 Å². The number of methoxy groups -OCH3 is 1. The highest BCUT2D eigenvalue weighted by molar-refractivity contribution is 5.98. The van der Waals surface area contributed by atoms with Crippen LogP contribution in [-0.2, 0) is 20.7 Å². The van der Waals surface area contributed by atoms with Crippen LogP contribution in [0, 0.1) is 5.41 Å². The Bertz CT molecular complexity index is 385. The van der Waals surface area contributed by atoms with Gasteiger partial charge in [0.15, 0.2) is 5.41 Å². The number of carbonyl (C=O) groups excluding carboxylic acids is 1. The molecule has 4 heteroatoms. The van der Waals surface area contributed by atoms with E-state index in [0.717, 1.165) is 5.56 Å². The van der Waals surface area contributed by atoms with Crippen LogP contribution < -0.4 is 0 Å². The Kier molecular flexibility index (Phi) is 3.66. The molecule has 0 aliphatic carbocycles. The number of aliphatic carboxylic acids is 1. The molecule has 0 radical (unpaired) electrons. The van der Waals surface area contributed by atoms with Gasteiger partial charge in [-0.15, -0.1) is 0 Å². The predicted octanol–water partition coefficient (Wildman–Crippen LogP) is 1.49. The molecule has 4 nitrogen and oxygen atoms in total. The summed E-state index contributed by atoms with van der Waals surface area (Å²) in [6, 6.07) is 9.00. The summed E-state index contributed by atoms with van der Waals surface area (Å²) in [6.07, 6.45) is 0.121. The summed E-state index contributed by atoms with van der Waals surface area (Å²) < 4.78 is 4.53. The number of carboxylic acid groups (broad SMARTS) is 1. The molecule has 0 amide bonds. The van der Waals surface area contributed by atoms with Crippen molar-refractivity contribution in [3.05, 3.63) is 35.9 Å². The lowest BCUT2D eigenvalue weighted by Gasteiger charge is -2.21. The number of hydrogen-bond donors (Lipinski definition) is 1. The van der Waals surface area contributed by atoms with E-state index in [4.69, 9.17) is 5.11 Å². The number of esters is 1. The van der Waals surface area contributed by atoms with Crippen LogP contribution in [0.15, 0.2) is 30.3 Å². The predicted molar refractivity (Wildman–Crippen MR) is 57.9 cm³/mol. The van der Waals surface area contributed by atoms with E-state index in [0.29, 0.717) is 0 Å². The van der Waals surface area contributed by atoms with Gasteiger partial charge in [-0.05, 0) is 18.9 Å². The lowest BCUT2D eigenvalue weighted by atomic mass is 9.84. The lowest BCUT2D eigenvalue weighted by molar-refractivity contribution is -0.165. The lowest BCUT2D eigenvalue weighted by Crippen LogP contribution is -2.39. The first-order valence-electron chi connectivity index (χ1n) is 4.86. The Morgan fingerprint density at radius 3 is 2.31 bits per heavy atom. The van der Waals surface area contributed by atoms with E-state index in [-0.39, 0.29) is 6.42 Å². The molecule has 0 aromatic heterocycles. The molecule has 0 aliphatic rings. The molecule has 86 valence electrons. The van der Waals surface area contributed by atoms with E-state index in [1.165, 1.54) is 14.0 Å². The molecule has 16 heavy (non-hydrogen) atoms. The van der Waals surface area contributed by atoms with Crippen LogP contribution in [0.1, 0.15) is 12.5 Å². The summed E-state index contributed by atoms with van der Waals surface area (Å²) in [5.74, 6) is -1.91. The molecule has 0 saturated carbocycles. The number of ether oxygens (including phenoxy) is 1. The monoisotopic (exact) mass is 222 g/mol. The zero-order chi connectivity index (χ0) is 12.2. The summed E-state index contributed by atoms with van der Waals surface area (Å²) in [7, 11) is 1.19. The van der Waals surface area contributed by atoms with E-state index >= 15 is 0 Å². The Labute approximate surface area is 93.9 Å². The maximum atomic E-state index is 11.5. The zero-order valence-electron chi connectivity index (χ0n) is 9.27. The fourth-order valence-electron chi connectivity index (χ4n) is 1.46. The number of rotatable bonds is 4. The molecule has 0 aliphatic heterocycles. The highest BCUT2D eigenvalue weighted by Gasteiger charge is 2.42. The fraction of sp³-hybridized carbons (Fsp3) is 0.333. The Morgan fingerprint density at radius 1 is 1.31 bits per heavy atom. The number of carbonyl (C=O) groups is 2. The van der Waals surface area contributed by atoms with Gasteiger partial charge in [0.25, 0.3) is 0 Å². The second-order valence-corrected chi connectivity index (χ2v) is 3.79. The Morgan fingerprint density at radius 2 is 1.88 bits per heavy atom. The van der Waals surface area contributed by atoms with Crippen LogP contribution >= 0.6 is 0 Å². The van der Waals surface area contributed by atoms with Crippen LogP contribution in [0.25, 0.3) is 0 Å². The van der Waals surface area contributed by atoms with Gasteiger partial charge < -0.3 is 9.84 Å². The first-order valence-corrected chi connectivity index (χ1v) is 4.86. The minimum absolute atomic E-state index is 0.121. The van der Waals surface area contributed by atoms with Crippen molar-refractivity contribution in [2.45, 2.75) is 13.3 Å². The molecule has 0 spiro atoms. The first-order chi connectivity index (χ1) is 7.50. The minimum Gasteiger partial charge on any atom is -0.480 e. The Balaban J connectivity index is 2.97. The van der Waals surface area contributed by atoms with Crippen molar-refractivity contribution in [2.75, 3.05) is 7.11 Å². The Hall–Kier alpha value is -1.84. The summed E-state index contributed by atoms with van der Waals surface area (Å²) >= 11 is 0. The average molecular weight is 222 g/mol. The third kappa shape index (κ3) is 2.39. The van der Waals surface area contributed by atoms with E-state index in [1.807, 2.05) is 6.07 Å². The number of hydrogen-bond acceptors (Lipinski definition) is 3. The zero-order valence-corrected chi connectivity index (χ0v) is 9.27. The van der Waals surface area contributed by atoms with Gasteiger partial charge >= 0.3 is 11.9 Å². The third-order valence-electron chi connectivity index (χ3n) is 2.51. The number of carboxylic acids is 1. The highest BCUT2D eigenvalue weighted by Crippen LogP contribution is 2.24. The van der Waals surface area contributed by atoms with Crippen LogP contribution in [-0.4, -0.2) is 24.2 Å². The van der Waals surface area contributed by atoms with Crippen molar-refractivity contribution in [1.82, 2.24) is 0 Å². The van der Waals surface area contributed by atoms with Crippen molar-refractivity contribution < 1.29 is 19.4 Å². The summed E-state index contributed by atoms with van der Waals surface area (Å²) in [4.78, 5) is 22.6. The normalized spacial score (nSPS) is 13.9. The standard InChI is InChI=1S/C12H14O4/c1-12(10(13)14,11(15)16-2)8-9-6-4-3-5-7-9/h3-7H,8H2,1-2H3,(H,13,14)/t12-/m1/s1. The molecule has 1 aromatic rings. The molecule has 1 N–H and O–H groups in total. The van der Waals surface area contributed by atoms with E-state index in [9.17, 15) is 9.59 Å². The van der Waals surface area contributed by atoms with Gasteiger partial charge in [-0.1, -0.05) is 30.3 Å². The van der Waals surface area contributed by atoms with Crippen molar-refractivity contribution >= 4 is 11.9 Å². The van der Waals surface area contributed by atoms with Gasteiger partial charge in [-0.3, -0.25) is 9.59 Å². The van der Waals surface area contributed by atoms with Gasteiger partial charge in [0.1, 0.15) is 0 Å². The fourth-order valence-corrected chi connectivity index (χ4v) is 1.46. The molecule has 1 aromatic carbocycles. The first kappa shape index (κ1) is 12.2. The van der Waals surface area contributed by atoms with Gasteiger partial charge in [0, 0.05) is 0 Å². The largest absolute Gasteiger partial charge is 0.480 e. The third-order valence-corrected chi connectivity index (χ3v) is 2.51. The van der Waals surface area contributed by atoms with Gasteiger partial charge in [-0.25, -0.2) is 0 Å². The molecular formula is C12H14O4. The highest BCUT2D eigenvalue weighted by atomic mass is 16.5. The molecule has 0 unspecified atom stereocenters. The van der Waals surface area contributed by atoms with Crippen LogP contribution in [0.3, 0.4) is 0 Å². The minimum atomic E-state index is -1.53. The van der Waals surface area contributed by atoms with Crippen molar-refractivity contribution in [3.8, 4) is 0 Å². The summed E-state index contributed by atoms with van der Waals surface area (Å²) in [6.45, 7) is 1.37. The van der Waals surface area contributed by atoms with Crippen LogP contribution in [0.2, 0.25) is 0 Å². The summed E-state index contributed by atoms with van der Waals surface area (Å²) in [5.41, 5.74) is -0.742. The van der Waals surface area contributed by atoms with Crippen molar-refractivity contribution in [2.24, 2.45) is 5.41 Å². The average Bonchev–Trinajstić information content (AvgIpc) is 2.28. The SMILES string of the molecule is COC(=O)[C@](C)(Cc1ccccc1)C(=O)O. The van der Waals surface area contributed by atoms with E-state index in [2.05, 4.69) is 4.74 Å². The quantitative estimate of drug-likeness (QED) is 0.619. The smallest absolute Gasteiger partial charge is 0.323 e. The maximum absolute atomic E-state index is 11.5. The molecule has 0 saturated heterocycles. The van der Waals surface area contributed by atoms with Crippen LogP contribution in [0.4, 0.5) is 0 Å². The molecule has 0 fully saturated rings. The van der Waals surface area contributed by atoms with E-state index in [1.54, 1.807) is 24.3 Å². The molecular weight excluding hydrogens is 208 g/mol. The van der Waals surface area contributed by atoms with Gasteiger partial charge in [0.05, 0.1) is 7.11 Å². The number of benzene rings is 1. The van der Waals surface area contributed by atoms with Gasteiger partial charge in [-0.2, -0.15) is 0 Å². The van der Waals surface area contributed by atoms with Crippen LogP contribution in [0.5, 0.6) is 0 Å². The molecule has 0 bridgehead atoms. The second-order valence-electron chi connectivity index (χ2n) is 3.79. The second kappa shape index (κ2) is 4.79. The summed E-state index contributed by atoms with van der Waals surface area (Å²) in [5, 5.41) is 9.09. The van der Waals surface area contributed by atoms with Gasteiger partial charge in [0.2, 0.25) is 0 Å². The topological polar surface area (TPSA) is 63.6 Å². The maximum Gasteiger partial charge on any atom is 0.323 e. The van der Waals surface area contributed by atoms with Crippen molar-refractivity contribution in [3.63, 3.8) is 0 Å². The molecule has 1 rings (SSSR count).